The van der Waals surface area contributed by atoms with Crippen molar-refractivity contribution < 1.29 is 14.7 Å². The summed E-state index contributed by atoms with van der Waals surface area (Å²) in [4.78, 5) is 23.8. The van der Waals surface area contributed by atoms with Crippen molar-refractivity contribution >= 4 is 11.8 Å². The van der Waals surface area contributed by atoms with Crippen LogP contribution in [0.5, 0.6) is 0 Å². The number of amides is 2. The van der Waals surface area contributed by atoms with E-state index in [1.165, 1.54) is 4.90 Å². The highest BCUT2D eigenvalue weighted by Gasteiger charge is 2.23. The summed E-state index contributed by atoms with van der Waals surface area (Å²) < 4.78 is 0. The highest BCUT2D eigenvalue weighted by molar-refractivity contribution is 6.35. The zero-order valence-corrected chi connectivity index (χ0v) is 7.45. The zero-order chi connectivity index (χ0) is 9.68. The van der Waals surface area contributed by atoms with E-state index in [4.69, 9.17) is 5.11 Å². The molecule has 0 aromatic carbocycles. The Morgan fingerprint density at radius 2 is 2.23 bits per heavy atom. The molecule has 1 saturated heterocycles. The summed E-state index contributed by atoms with van der Waals surface area (Å²) >= 11 is 0. The number of hydrogen-bond donors (Lipinski definition) is 2. The molecular formula is C8H14N2O3. The Labute approximate surface area is 76.7 Å². The number of nitrogens with zero attached hydrogens (tertiary/aromatic N) is 1. The molecule has 1 aliphatic heterocycles. The van der Waals surface area contributed by atoms with Crippen molar-refractivity contribution in [3.05, 3.63) is 0 Å². The molecule has 5 heteroatoms. The van der Waals surface area contributed by atoms with Crippen LogP contribution < -0.4 is 5.32 Å². The van der Waals surface area contributed by atoms with Crippen LogP contribution in [0, 0.1) is 0 Å². The van der Waals surface area contributed by atoms with Crippen molar-refractivity contribution in [2.75, 3.05) is 26.2 Å². The molecule has 1 aliphatic rings. The molecule has 0 spiro atoms. The maximum Gasteiger partial charge on any atom is 0.311 e. The smallest absolute Gasteiger partial charge is 0.311 e. The molecular weight excluding hydrogens is 172 g/mol. The van der Waals surface area contributed by atoms with E-state index in [-0.39, 0.29) is 6.61 Å². The Hall–Kier alpha value is -1.10. The first-order chi connectivity index (χ1) is 6.25. The van der Waals surface area contributed by atoms with E-state index in [1.54, 1.807) is 0 Å². The lowest BCUT2D eigenvalue weighted by molar-refractivity contribution is -0.145. The average Bonchev–Trinajstić information content (AvgIpc) is 2.28. The minimum absolute atomic E-state index is 0.0470. The molecule has 0 radical (unpaired) electrons. The molecule has 1 heterocycles. The van der Waals surface area contributed by atoms with Crippen LogP contribution in [-0.4, -0.2) is 48.1 Å². The van der Waals surface area contributed by atoms with Gasteiger partial charge in [-0.1, -0.05) is 0 Å². The summed E-state index contributed by atoms with van der Waals surface area (Å²) in [7, 11) is 0. The van der Waals surface area contributed by atoms with Gasteiger partial charge in [0.1, 0.15) is 0 Å². The molecule has 0 saturated carbocycles. The number of carbonyl (C=O) groups excluding carboxylic acids is 2. The van der Waals surface area contributed by atoms with Gasteiger partial charge in [-0.15, -0.1) is 0 Å². The molecule has 13 heavy (non-hydrogen) atoms. The predicted molar refractivity (Wildman–Crippen MR) is 45.9 cm³/mol. The van der Waals surface area contributed by atoms with Crippen LogP contribution in [0.2, 0.25) is 0 Å². The molecule has 1 rings (SSSR count). The Balaban J connectivity index is 2.49. The maximum absolute atomic E-state index is 11.3. The maximum atomic E-state index is 11.3. The summed E-state index contributed by atoms with van der Waals surface area (Å²) in [6, 6.07) is 0. The van der Waals surface area contributed by atoms with Gasteiger partial charge in [-0.3, -0.25) is 9.59 Å². The Morgan fingerprint density at radius 1 is 1.46 bits per heavy atom. The van der Waals surface area contributed by atoms with Crippen molar-refractivity contribution in [3.63, 3.8) is 0 Å². The predicted octanol–water partition coefficient (Wildman–Crippen LogP) is -1.28. The van der Waals surface area contributed by atoms with Gasteiger partial charge in [-0.2, -0.15) is 0 Å². The highest BCUT2D eigenvalue weighted by Crippen LogP contribution is 1.98. The second-order valence-corrected chi connectivity index (χ2v) is 2.98. The quantitative estimate of drug-likeness (QED) is 0.539. The van der Waals surface area contributed by atoms with Gasteiger partial charge >= 0.3 is 11.8 Å². The third kappa shape index (κ3) is 2.69. The average molecular weight is 186 g/mol. The third-order valence-corrected chi connectivity index (χ3v) is 1.96. The fourth-order valence-corrected chi connectivity index (χ4v) is 1.27. The van der Waals surface area contributed by atoms with Crippen LogP contribution in [0.25, 0.3) is 0 Å². The van der Waals surface area contributed by atoms with Gasteiger partial charge in [0.05, 0.1) is 0 Å². The van der Waals surface area contributed by atoms with Gasteiger partial charge in [-0.05, 0) is 12.8 Å². The molecule has 5 nitrogen and oxygen atoms in total. The Kier molecular flexibility index (Phi) is 3.70. The minimum Gasteiger partial charge on any atom is -0.396 e. The fourth-order valence-electron chi connectivity index (χ4n) is 1.27. The molecule has 0 unspecified atom stereocenters. The van der Waals surface area contributed by atoms with E-state index in [9.17, 15) is 9.59 Å². The number of nitrogens with one attached hydrogen (secondary N) is 1. The largest absolute Gasteiger partial charge is 0.396 e. The van der Waals surface area contributed by atoms with Crippen molar-refractivity contribution in [1.29, 1.82) is 0 Å². The Bertz CT molecular complexity index is 206. The van der Waals surface area contributed by atoms with Crippen LogP contribution in [0.15, 0.2) is 0 Å². The van der Waals surface area contributed by atoms with Gasteiger partial charge in [0.25, 0.3) is 0 Å². The van der Waals surface area contributed by atoms with Crippen molar-refractivity contribution in [2.24, 2.45) is 0 Å². The van der Waals surface area contributed by atoms with E-state index in [0.29, 0.717) is 26.1 Å². The molecule has 2 N–H and O–H groups in total. The molecule has 0 atom stereocenters. The molecule has 0 aromatic rings. The van der Waals surface area contributed by atoms with Crippen molar-refractivity contribution in [3.8, 4) is 0 Å². The van der Waals surface area contributed by atoms with Gasteiger partial charge in [-0.25, -0.2) is 0 Å². The summed E-state index contributed by atoms with van der Waals surface area (Å²) in [5.74, 6) is -1.01. The van der Waals surface area contributed by atoms with Crippen molar-refractivity contribution in [1.82, 2.24) is 10.2 Å². The summed E-state index contributed by atoms with van der Waals surface area (Å²) in [6.07, 6.45) is 1.31. The lowest BCUT2D eigenvalue weighted by atomic mass is 10.3. The lowest BCUT2D eigenvalue weighted by Crippen LogP contribution is -2.40. The van der Waals surface area contributed by atoms with Crippen LogP contribution >= 0.6 is 0 Å². The van der Waals surface area contributed by atoms with Gasteiger partial charge < -0.3 is 15.3 Å². The van der Waals surface area contributed by atoms with Gasteiger partial charge in [0.15, 0.2) is 0 Å². The van der Waals surface area contributed by atoms with E-state index in [2.05, 4.69) is 5.32 Å². The van der Waals surface area contributed by atoms with Crippen LogP contribution in [0.4, 0.5) is 0 Å². The Morgan fingerprint density at radius 3 is 2.92 bits per heavy atom. The fraction of sp³-hybridized carbons (Fsp3) is 0.750. The SMILES string of the molecule is O=C1NCCCN(CCCO)C1=O. The first-order valence-corrected chi connectivity index (χ1v) is 4.43. The van der Waals surface area contributed by atoms with Crippen molar-refractivity contribution in [2.45, 2.75) is 12.8 Å². The molecule has 0 aliphatic carbocycles. The summed E-state index contributed by atoms with van der Waals surface area (Å²) in [5, 5.41) is 11.1. The first kappa shape index (κ1) is 9.98. The molecule has 1 fully saturated rings. The lowest BCUT2D eigenvalue weighted by Gasteiger charge is -2.17. The third-order valence-electron chi connectivity index (χ3n) is 1.96. The monoisotopic (exact) mass is 186 g/mol. The van der Waals surface area contributed by atoms with E-state index >= 15 is 0 Å². The van der Waals surface area contributed by atoms with Gasteiger partial charge in [0, 0.05) is 26.2 Å². The number of aliphatic hydroxyl groups is 1. The standard InChI is InChI=1S/C8H14N2O3/c11-6-2-5-10-4-1-3-9-7(12)8(10)13/h11H,1-6H2,(H,9,12). The topological polar surface area (TPSA) is 69.6 Å². The zero-order valence-electron chi connectivity index (χ0n) is 7.45. The van der Waals surface area contributed by atoms with E-state index in [1.807, 2.05) is 0 Å². The summed E-state index contributed by atoms with van der Waals surface area (Å²) in [6.45, 7) is 1.66. The van der Waals surface area contributed by atoms with Crippen LogP contribution in [0.1, 0.15) is 12.8 Å². The normalized spacial score (nSPS) is 18.4. The van der Waals surface area contributed by atoms with Gasteiger partial charge in [0.2, 0.25) is 0 Å². The number of carbonyl (C=O) groups is 2. The summed E-state index contributed by atoms with van der Waals surface area (Å²) in [5.41, 5.74) is 0. The van der Waals surface area contributed by atoms with E-state index < -0.39 is 11.8 Å². The molecule has 0 aromatic heterocycles. The van der Waals surface area contributed by atoms with Crippen LogP contribution in [-0.2, 0) is 9.59 Å². The van der Waals surface area contributed by atoms with E-state index in [0.717, 1.165) is 6.42 Å². The minimum atomic E-state index is -0.532. The molecule has 0 bridgehead atoms. The second kappa shape index (κ2) is 4.81. The highest BCUT2D eigenvalue weighted by atomic mass is 16.3. The number of aliphatic hydroxyl groups excluding tert-OH is 1. The first-order valence-electron chi connectivity index (χ1n) is 4.43. The van der Waals surface area contributed by atoms with Crippen LogP contribution in [0.3, 0.4) is 0 Å². The molecule has 2 amide bonds. The molecule has 74 valence electrons. The number of hydrogen-bond acceptors (Lipinski definition) is 3. The number of rotatable bonds is 3. The second-order valence-electron chi connectivity index (χ2n) is 2.98.